The Hall–Kier alpha value is -3.89. The molecular weight excluding hydrogens is 434 g/mol. The fraction of sp³-hybridized carbons (Fsp3) is 0.263. The van der Waals surface area contributed by atoms with Crippen molar-refractivity contribution in [3.8, 4) is 6.07 Å². The molecule has 1 aromatic carbocycles. The fourth-order valence-corrected chi connectivity index (χ4v) is 4.67. The van der Waals surface area contributed by atoms with E-state index in [4.69, 9.17) is 5.26 Å². The zero-order valence-corrected chi connectivity index (χ0v) is 17.9. The number of rotatable bonds is 5. The number of carbonyl (C=O) groups is 1. The van der Waals surface area contributed by atoms with Crippen LogP contribution in [-0.2, 0) is 10.0 Å². The fourth-order valence-electron chi connectivity index (χ4n) is 3.24. The molecule has 4 rings (SSSR count). The van der Waals surface area contributed by atoms with E-state index in [2.05, 4.69) is 30.5 Å². The number of aromatic amines is 1. The summed E-state index contributed by atoms with van der Waals surface area (Å²) in [7, 11) is -3.70. The van der Waals surface area contributed by atoms with Gasteiger partial charge in [0.25, 0.3) is 5.91 Å². The minimum atomic E-state index is -3.70. The van der Waals surface area contributed by atoms with Gasteiger partial charge in [0.1, 0.15) is 18.1 Å². The highest BCUT2D eigenvalue weighted by Crippen LogP contribution is 2.21. The van der Waals surface area contributed by atoms with Gasteiger partial charge in [0.2, 0.25) is 21.8 Å². The second kappa shape index (κ2) is 8.69. The minimum absolute atomic E-state index is 0.0547. The van der Waals surface area contributed by atoms with Crippen LogP contribution < -0.4 is 10.2 Å². The first-order chi connectivity index (χ1) is 15.4. The third kappa shape index (κ3) is 4.41. The number of anilines is 2. The number of piperazine rings is 1. The number of nitrogens with one attached hydrogen (secondary N) is 2. The maximum Gasteiger partial charge on any atom is 0.292 e. The van der Waals surface area contributed by atoms with Crippen LogP contribution in [0.5, 0.6) is 0 Å². The first kappa shape index (κ1) is 21.3. The molecule has 0 bridgehead atoms. The molecule has 0 spiro atoms. The van der Waals surface area contributed by atoms with E-state index >= 15 is 0 Å². The largest absolute Gasteiger partial charge is 0.338 e. The zero-order chi connectivity index (χ0) is 22.7. The molecule has 0 saturated carbocycles. The molecule has 0 atom stereocenters. The number of aromatic nitrogens is 5. The molecule has 1 saturated heterocycles. The van der Waals surface area contributed by atoms with E-state index in [1.807, 2.05) is 11.0 Å². The van der Waals surface area contributed by atoms with Crippen molar-refractivity contribution in [3.05, 3.63) is 53.9 Å². The maximum atomic E-state index is 13.0. The van der Waals surface area contributed by atoms with Crippen LogP contribution in [0.15, 0.2) is 41.6 Å². The van der Waals surface area contributed by atoms with Crippen LogP contribution in [0, 0.1) is 18.3 Å². The van der Waals surface area contributed by atoms with Gasteiger partial charge >= 0.3 is 0 Å². The summed E-state index contributed by atoms with van der Waals surface area (Å²) in [6.07, 6.45) is 1.22. The van der Waals surface area contributed by atoms with E-state index in [0.717, 1.165) is 0 Å². The van der Waals surface area contributed by atoms with Crippen LogP contribution in [0.1, 0.15) is 22.0 Å². The number of nitrogens with zero attached hydrogens (tertiary/aromatic N) is 7. The van der Waals surface area contributed by atoms with Gasteiger partial charge in [0.15, 0.2) is 0 Å². The second-order valence-corrected chi connectivity index (χ2v) is 8.95. The van der Waals surface area contributed by atoms with Crippen LogP contribution in [0.2, 0.25) is 0 Å². The van der Waals surface area contributed by atoms with Crippen LogP contribution in [0.3, 0.4) is 0 Å². The molecule has 1 aliphatic rings. The predicted octanol–water partition coefficient (Wildman–Crippen LogP) is 0.538. The highest BCUT2D eigenvalue weighted by molar-refractivity contribution is 7.89. The van der Waals surface area contributed by atoms with Gasteiger partial charge in [-0.25, -0.2) is 23.4 Å². The number of hydrogen-bond acceptors (Lipinski definition) is 9. The number of sulfonamides is 1. The van der Waals surface area contributed by atoms with Crippen molar-refractivity contribution in [1.29, 1.82) is 5.26 Å². The molecule has 32 heavy (non-hydrogen) atoms. The molecule has 3 aromatic rings. The van der Waals surface area contributed by atoms with E-state index in [0.29, 0.717) is 30.4 Å². The van der Waals surface area contributed by atoms with E-state index in [9.17, 15) is 13.2 Å². The van der Waals surface area contributed by atoms with Crippen molar-refractivity contribution in [1.82, 2.24) is 29.5 Å². The molecule has 13 heteroatoms. The molecule has 0 unspecified atom stereocenters. The summed E-state index contributed by atoms with van der Waals surface area (Å²) >= 11 is 0. The van der Waals surface area contributed by atoms with Gasteiger partial charge in [0.05, 0.1) is 4.90 Å². The summed E-state index contributed by atoms with van der Waals surface area (Å²) in [6.45, 7) is 3.10. The van der Waals surface area contributed by atoms with Crippen LogP contribution in [0.4, 0.5) is 11.6 Å². The van der Waals surface area contributed by atoms with Gasteiger partial charge in [-0.2, -0.15) is 14.7 Å². The monoisotopic (exact) mass is 453 g/mol. The van der Waals surface area contributed by atoms with Gasteiger partial charge in [-0.3, -0.25) is 9.89 Å². The summed E-state index contributed by atoms with van der Waals surface area (Å²) in [4.78, 5) is 26.3. The Morgan fingerprint density at radius 2 is 1.88 bits per heavy atom. The molecule has 0 radical (unpaired) electrons. The molecule has 1 amide bonds. The predicted molar refractivity (Wildman–Crippen MR) is 113 cm³/mol. The smallest absolute Gasteiger partial charge is 0.292 e. The van der Waals surface area contributed by atoms with Crippen molar-refractivity contribution in [2.45, 2.75) is 11.8 Å². The highest BCUT2D eigenvalue weighted by atomic mass is 32.2. The minimum Gasteiger partial charge on any atom is -0.338 e. The van der Waals surface area contributed by atoms with Crippen molar-refractivity contribution in [3.63, 3.8) is 0 Å². The average Bonchev–Trinajstić information content (AvgIpc) is 3.34. The zero-order valence-electron chi connectivity index (χ0n) is 17.1. The summed E-state index contributed by atoms with van der Waals surface area (Å²) in [6, 6.07) is 9.53. The molecule has 2 aromatic heterocycles. The van der Waals surface area contributed by atoms with Crippen molar-refractivity contribution < 1.29 is 13.2 Å². The topological polar surface area (TPSA) is 161 Å². The van der Waals surface area contributed by atoms with Gasteiger partial charge < -0.3 is 10.2 Å². The first-order valence-electron chi connectivity index (χ1n) is 9.64. The summed E-state index contributed by atoms with van der Waals surface area (Å²) in [5.74, 6) is -0.00310. The van der Waals surface area contributed by atoms with Gasteiger partial charge in [-0.1, -0.05) is 0 Å². The Morgan fingerprint density at radius 1 is 1.16 bits per heavy atom. The summed E-state index contributed by atoms with van der Waals surface area (Å²) < 4.78 is 27.5. The second-order valence-electron chi connectivity index (χ2n) is 7.01. The number of carbonyl (C=O) groups excluding carboxylic acids is 1. The molecule has 12 nitrogen and oxygen atoms in total. The standard InChI is InChI=1S/C19H19N9O3S/c1-13-10-15(11-20)25-19(23-13)27-6-8-28(9-7-27)32(30,31)16-4-2-14(3-5-16)24-18(29)17-21-12-22-26-17/h2-5,10,12H,6-9H2,1H3,(H,24,29)(H,21,22,26). The van der Waals surface area contributed by atoms with Crippen LogP contribution >= 0.6 is 0 Å². The Labute approximate surface area is 184 Å². The number of nitriles is 1. The SMILES string of the molecule is Cc1cc(C#N)nc(N2CCN(S(=O)(=O)c3ccc(NC(=O)c4ncn[nH]4)cc3)CC2)n1. The van der Waals surface area contributed by atoms with E-state index < -0.39 is 15.9 Å². The van der Waals surface area contributed by atoms with Crippen molar-refractivity contribution in [2.75, 3.05) is 36.4 Å². The molecule has 0 aliphatic carbocycles. The Balaban J connectivity index is 1.41. The number of H-pyrrole nitrogens is 1. The summed E-state index contributed by atoms with van der Waals surface area (Å²) in [5.41, 5.74) is 1.38. The number of hydrogen-bond donors (Lipinski definition) is 2. The van der Waals surface area contributed by atoms with Crippen molar-refractivity contribution in [2.24, 2.45) is 0 Å². The van der Waals surface area contributed by atoms with E-state index in [1.165, 1.54) is 34.9 Å². The number of benzene rings is 1. The lowest BCUT2D eigenvalue weighted by Crippen LogP contribution is -2.49. The normalized spacial score (nSPS) is 14.7. The highest BCUT2D eigenvalue weighted by Gasteiger charge is 2.29. The number of amides is 1. The quantitative estimate of drug-likeness (QED) is 0.561. The van der Waals surface area contributed by atoms with Crippen LogP contribution in [0.25, 0.3) is 0 Å². The third-order valence-electron chi connectivity index (χ3n) is 4.86. The first-order valence-corrected chi connectivity index (χ1v) is 11.1. The Morgan fingerprint density at radius 3 is 2.50 bits per heavy atom. The molecule has 164 valence electrons. The Kier molecular flexibility index (Phi) is 5.80. The molecular formula is C19H19N9O3S. The molecule has 3 heterocycles. The lowest BCUT2D eigenvalue weighted by atomic mass is 10.3. The summed E-state index contributed by atoms with van der Waals surface area (Å²) in [5, 5.41) is 17.8. The van der Waals surface area contributed by atoms with E-state index in [1.54, 1.807) is 13.0 Å². The van der Waals surface area contributed by atoms with Gasteiger partial charge in [0, 0.05) is 37.6 Å². The lowest BCUT2D eigenvalue weighted by molar-refractivity contribution is 0.101. The lowest BCUT2D eigenvalue weighted by Gasteiger charge is -2.34. The molecule has 1 fully saturated rings. The Bertz CT molecular complexity index is 1260. The van der Waals surface area contributed by atoms with Crippen LogP contribution in [-0.4, -0.2) is 70.0 Å². The molecule has 1 aliphatic heterocycles. The maximum absolute atomic E-state index is 13.0. The van der Waals surface area contributed by atoms with Crippen molar-refractivity contribution >= 4 is 27.6 Å². The third-order valence-corrected chi connectivity index (χ3v) is 6.77. The average molecular weight is 453 g/mol. The van der Waals surface area contributed by atoms with E-state index in [-0.39, 0.29) is 29.5 Å². The van der Waals surface area contributed by atoms with Gasteiger partial charge in [-0.05, 0) is 37.3 Å². The molecule has 2 N–H and O–H groups in total. The van der Waals surface area contributed by atoms with Gasteiger partial charge in [-0.15, -0.1) is 0 Å². The number of aryl methyl sites for hydroxylation is 1.